The van der Waals surface area contributed by atoms with Gasteiger partial charge in [-0.3, -0.25) is 0 Å². The topological polar surface area (TPSA) is 59.3 Å². The Morgan fingerprint density at radius 3 is 1.90 bits per heavy atom. The van der Waals surface area contributed by atoms with Crippen LogP contribution in [-0.4, -0.2) is 53.6 Å². The molecule has 212 valence electrons. The Hall–Kier alpha value is -3.15. The van der Waals surface area contributed by atoms with Crippen molar-refractivity contribution in [2.24, 2.45) is 11.1 Å². The van der Waals surface area contributed by atoms with E-state index in [2.05, 4.69) is 63.5 Å². The van der Waals surface area contributed by atoms with Gasteiger partial charge in [0.15, 0.2) is 0 Å². The number of rotatable bonds is 11. The highest BCUT2D eigenvalue weighted by Crippen LogP contribution is 2.41. The fourth-order valence-electron chi connectivity index (χ4n) is 6.67. The maximum absolute atomic E-state index is 12.1. The van der Waals surface area contributed by atoms with Gasteiger partial charge in [0.2, 0.25) is 0 Å². The average molecular weight is 540 g/mol. The van der Waals surface area contributed by atoms with Crippen molar-refractivity contribution < 1.29 is 10.3 Å². The molecule has 2 heterocycles. The molecule has 5 rings (SSSR count). The minimum Gasteiger partial charge on any atom is -0.411 e. The number of likely N-dealkylation sites (tertiary alicyclic amines) is 1. The predicted molar refractivity (Wildman–Crippen MR) is 164 cm³/mol. The lowest BCUT2D eigenvalue weighted by molar-refractivity contribution is -0.0143. The third kappa shape index (κ3) is 6.76. The SMILES string of the molecule is ON=C(CCCCCN1CCC(C(O)(c2ccccc2)c2ccccc2)CC1)c1ccc(N2CCCCC2)cc1. The molecule has 2 saturated heterocycles. The molecule has 5 heteroatoms. The minimum absolute atomic E-state index is 0.193. The maximum atomic E-state index is 12.1. The van der Waals surface area contributed by atoms with Gasteiger partial charge in [-0.2, -0.15) is 0 Å². The van der Waals surface area contributed by atoms with Gasteiger partial charge in [0.05, 0.1) is 5.71 Å². The molecule has 3 aromatic carbocycles. The first-order chi connectivity index (χ1) is 19.7. The Bertz CT molecular complexity index is 1140. The number of anilines is 1. The smallest absolute Gasteiger partial charge is 0.117 e. The lowest BCUT2D eigenvalue weighted by Gasteiger charge is -2.42. The molecular formula is C35H45N3O2. The Kier molecular flexibility index (Phi) is 9.90. The van der Waals surface area contributed by atoms with Crippen molar-refractivity contribution in [1.82, 2.24) is 4.90 Å². The second-order valence-corrected chi connectivity index (χ2v) is 11.6. The highest BCUT2D eigenvalue weighted by Gasteiger charge is 2.41. The molecule has 0 aromatic heterocycles. The van der Waals surface area contributed by atoms with Gasteiger partial charge in [0.1, 0.15) is 5.60 Å². The highest BCUT2D eigenvalue weighted by atomic mass is 16.4. The van der Waals surface area contributed by atoms with Crippen LogP contribution in [0.4, 0.5) is 5.69 Å². The van der Waals surface area contributed by atoms with E-state index >= 15 is 0 Å². The number of piperidine rings is 2. The lowest BCUT2D eigenvalue weighted by Crippen LogP contribution is -2.44. The average Bonchev–Trinajstić information content (AvgIpc) is 3.04. The standard InChI is InChI=1S/C35H45N3O2/c39-35(30-13-5-1-6-14-30,31-15-7-2-8-16-31)32-22-27-37(28-23-32)24-10-3-9-17-34(36-40)29-18-20-33(21-19-29)38-25-11-4-12-26-38/h1-2,5-8,13-16,18-21,32,39-40H,3-4,9-12,17,22-28H2. The summed E-state index contributed by atoms with van der Waals surface area (Å²) in [6.07, 6.45) is 9.90. The number of hydrogen-bond acceptors (Lipinski definition) is 5. The van der Waals surface area contributed by atoms with Gasteiger partial charge in [-0.15, -0.1) is 0 Å². The summed E-state index contributed by atoms with van der Waals surface area (Å²) in [6, 6.07) is 28.9. The molecule has 0 aliphatic carbocycles. The summed E-state index contributed by atoms with van der Waals surface area (Å²) in [6.45, 7) is 5.38. The zero-order valence-corrected chi connectivity index (χ0v) is 23.8. The minimum atomic E-state index is -0.958. The number of benzene rings is 3. The normalized spacial score (nSPS) is 17.7. The van der Waals surface area contributed by atoms with Gasteiger partial charge >= 0.3 is 0 Å². The van der Waals surface area contributed by atoms with Gasteiger partial charge in [0, 0.05) is 18.8 Å². The molecule has 0 unspecified atom stereocenters. The van der Waals surface area contributed by atoms with Gasteiger partial charge in [-0.05, 0) is 106 Å². The first-order valence-electron chi connectivity index (χ1n) is 15.3. The van der Waals surface area contributed by atoms with E-state index in [0.29, 0.717) is 0 Å². The molecule has 5 nitrogen and oxygen atoms in total. The first-order valence-corrected chi connectivity index (χ1v) is 15.3. The van der Waals surface area contributed by atoms with Crippen LogP contribution in [0, 0.1) is 5.92 Å². The van der Waals surface area contributed by atoms with Crippen molar-refractivity contribution in [1.29, 1.82) is 0 Å². The fourth-order valence-corrected chi connectivity index (χ4v) is 6.67. The van der Waals surface area contributed by atoms with Crippen LogP contribution >= 0.6 is 0 Å². The van der Waals surface area contributed by atoms with Crippen molar-refractivity contribution >= 4 is 11.4 Å². The van der Waals surface area contributed by atoms with E-state index in [4.69, 9.17) is 0 Å². The van der Waals surface area contributed by atoms with E-state index in [-0.39, 0.29) is 5.92 Å². The lowest BCUT2D eigenvalue weighted by atomic mass is 9.72. The predicted octanol–water partition coefficient (Wildman–Crippen LogP) is 7.06. The van der Waals surface area contributed by atoms with E-state index in [1.54, 1.807) is 0 Å². The van der Waals surface area contributed by atoms with Crippen LogP contribution in [0.25, 0.3) is 0 Å². The molecule has 0 radical (unpaired) electrons. The van der Waals surface area contributed by atoms with Gasteiger partial charge in [-0.25, -0.2) is 0 Å². The van der Waals surface area contributed by atoms with Crippen molar-refractivity contribution in [3.8, 4) is 0 Å². The molecule has 2 aliphatic heterocycles. The van der Waals surface area contributed by atoms with E-state index in [0.717, 1.165) is 93.7 Å². The van der Waals surface area contributed by atoms with Crippen LogP contribution in [0.5, 0.6) is 0 Å². The van der Waals surface area contributed by atoms with Crippen molar-refractivity contribution in [2.45, 2.75) is 63.4 Å². The van der Waals surface area contributed by atoms with Crippen LogP contribution in [0.1, 0.15) is 74.5 Å². The van der Waals surface area contributed by atoms with Crippen LogP contribution in [0.15, 0.2) is 90.1 Å². The molecule has 0 bridgehead atoms. The van der Waals surface area contributed by atoms with Crippen LogP contribution in [0.3, 0.4) is 0 Å². The summed E-state index contributed by atoms with van der Waals surface area (Å²) in [5.74, 6) is 0.193. The van der Waals surface area contributed by atoms with Gasteiger partial charge in [0.25, 0.3) is 0 Å². The molecule has 0 saturated carbocycles. The molecule has 2 fully saturated rings. The Morgan fingerprint density at radius 1 is 0.725 bits per heavy atom. The zero-order valence-electron chi connectivity index (χ0n) is 23.8. The van der Waals surface area contributed by atoms with Crippen molar-refractivity contribution in [2.75, 3.05) is 37.6 Å². The third-order valence-electron chi connectivity index (χ3n) is 9.04. The molecule has 3 aromatic rings. The largest absolute Gasteiger partial charge is 0.411 e. The molecule has 0 atom stereocenters. The highest BCUT2D eigenvalue weighted by molar-refractivity contribution is 6.00. The van der Waals surface area contributed by atoms with E-state index in [1.165, 1.54) is 24.9 Å². The number of unbranched alkanes of at least 4 members (excludes halogenated alkanes) is 2. The number of nitrogens with zero attached hydrogens (tertiary/aromatic N) is 3. The third-order valence-corrected chi connectivity index (χ3v) is 9.04. The Labute approximate surface area is 240 Å². The van der Waals surface area contributed by atoms with Crippen molar-refractivity contribution in [3.63, 3.8) is 0 Å². The second kappa shape index (κ2) is 14.0. The number of hydrogen-bond donors (Lipinski definition) is 2. The summed E-state index contributed by atoms with van der Waals surface area (Å²) >= 11 is 0. The van der Waals surface area contributed by atoms with Crippen LogP contribution in [-0.2, 0) is 5.60 Å². The molecule has 2 aliphatic rings. The summed E-state index contributed by atoms with van der Waals surface area (Å²) in [5.41, 5.74) is 4.10. The first kappa shape index (κ1) is 28.4. The second-order valence-electron chi connectivity index (χ2n) is 11.6. The fraction of sp³-hybridized carbons (Fsp3) is 0.457. The maximum Gasteiger partial charge on any atom is 0.117 e. The van der Waals surface area contributed by atoms with Crippen LogP contribution < -0.4 is 4.90 Å². The molecular weight excluding hydrogens is 494 g/mol. The van der Waals surface area contributed by atoms with Gasteiger partial charge < -0.3 is 20.1 Å². The van der Waals surface area contributed by atoms with E-state index in [9.17, 15) is 10.3 Å². The Morgan fingerprint density at radius 2 is 1.32 bits per heavy atom. The monoisotopic (exact) mass is 539 g/mol. The van der Waals surface area contributed by atoms with E-state index < -0.39 is 5.60 Å². The summed E-state index contributed by atoms with van der Waals surface area (Å²) in [7, 11) is 0. The molecule has 40 heavy (non-hydrogen) atoms. The number of aliphatic hydroxyl groups is 1. The van der Waals surface area contributed by atoms with Crippen molar-refractivity contribution in [3.05, 3.63) is 102 Å². The quantitative estimate of drug-likeness (QED) is 0.118. The van der Waals surface area contributed by atoms with E-state index in [1.807, 2.05) is 36.4 Å². The van der Waals surface area contributed by atoms with Crippen LogP contribution in [0.2, 0.25) is 0 Å². The summed E-state index contributed by atoms with van der Waals surface area (Å²) in [4.78, 5) is 5.00. The Balaban J connectivity index is 1.07. The molecule has 0 amide bonds. The molecule has 0 spiro atoms. The molecule has 2 N–H and O–H groups in total. The summed E-state index contributed by atoms with van der Waals surface area (Å²) < 4.78 is 0. The zero-order chi connectivity index (χ0) is 27.6. The summed E-state index contributed by atoms with van der Waals surface area (Å²) in [5, 5.41) is 25.4. The number of oxime groups is 1. The van der Waals surface area contributed by atoms with Gasteiger partial charge in [-0.1, -0.05) is 84.4 Å².